The summed E-state index contributed by atoms with van der Waals surface area (Å²) in [7, 11) is 2.15. The fourth-order valence-electron chi connectivity index (χ4n) is 3.17. The van der Waals surface area contributed by atoms with Crippen molar-refractivity contribution in [3.8, 4) is 11.3 Å². The molecule has 0 saturated carbocycles. The average molecular weight is 360 g/mol. The number of hydrogen-bond acceptors (Lipinski definition) is 5. The van der Waals surface area contributed by atoms with Crippen molar-refractivity contribution in [3.63, 3.8) is 0 Å². The Hall–Kier alpha value is -2.99. The van der Waals surface area contributed by atoms with Gasteiger partial charge < -0.3 is 4.90 Å². The largest absolute Gasteiger partial charge is 0.303 e. The van der Waals surface area contributed by atoms with Crippen LogP contribution >= 0.6 is 0 Å². The van der Waals surface area contributed by atoms with Gasteiger partial charge in [0.25, 0.3) is 0 Å². The van der Waals surface area contributed by atoms with E-state index in [-0.39, 0.29) is 0 Å². The standard InChI is InChI=1S/C21H24N6/c1-25-10-12-26(13-11-25)23-15-20-17-27(16-18-6-3-2-4-7-18)24-21(20)19-8-5-9-22-14-19/h2-9,14-15,17H,10-13,16H2,1H3/b23-15-. The Balaban J connectivity index is 1.60. The molecule has 1 fully saturated rings. The zero-order chi connectivity index (χ0) is 18.5. The Kier molecular flexibility index (Phi) is 5.25. The van der Waals surface area contributed by atoms with Crippen LogP contribution in [0.15, 0.2) is 66.2 Å². The number of rotatable bonds is 5. The molecular formula is C21H24N6. The van der Waals surface area contributed by atoms with E-state index in [4.69, 9.17) is 10.2 Å². The molecule has 1 aliphatic heterocycles. The number of hydrogen-bond donors (Lipinski definition) is 0. The Morgan fingerprint density at radius 3 is 2.59 bits per heavy atom. The van der Waals surface area contributed by atoms with Gasteiger partial charge in [0.2, 0.25) is 0 Å². The molecule has 3 heterocycles. The third-order valence-corrected chi connectivity index (χ3v) is 4.75. The summed E-state index contributed by atoms with van der Waals surface area (Å²) < 4.78 is 1.98. The van der Waals surface area contributed by atoms with Crippen molar-refractivity contribution in [1.29, 1.82) is 0 Å². The SMILES string of the molecule is CN1CCN(/N=C\c2cn(Cc3ccccc3)nc2-c2cccnc2)CC1. The highest BCUT2D eigenvalue weighted by molar-refractivity contribution is 5.88. The highest BCUT2D eigenvalue weighted by Gasteiger charge is 2.13. The van der Waals surface area contributed by atoms with Gasteiger partial charge in [0.1, 0.15) is 5.69 Å². The third-order valence-electron chi connectivity index (χ3n) is 4.75. The first-order valence-electron chi connectivity index (χ1n) is 9.27. The molecule has 0 aliphatic carbocycles. The van der Waals surface area contributed by atoms with Crippen molar-refractivity contribution in [2.24, 2.45) is 5.10 Å². The van der Waals surface area contributed by atoms with E-state index in [0.29, 0.717) is 0 Å². The Labute approximate surface area is 159 Å². The van der Waals surface area contributed by atoms with E-state index < -0.39 is 0 Å². The van der Waals surface area contributed by atoms with Gasteiger partial charge in [0, 0.05) is 55.9 Å². The summed E-state index contributed by atoms with van der Waals surface area (Å²) in [6.07, 6.45) is 7.63. The summed E-state index contributed by atoms with van der Waals surface area (Å²) in [6.45, 7) is 4.72. The molecule has 0 bridgehead atoms. The molecule has 6 nitrogen and oxygen atoms in total. The quantitative estimate of drug-likeness (QED) is 0.656. The molecule has 1 saturated heterocycles. The van der Waals surface area contributed by atoms with E-state index in [9.17, 15) is 0 Å². The summed E-state index contributed by atoms with van der Waals surface area (Å²) in [5, 5.41) is 11.6. The van der Waals surface area contributed by atoms with Crippen LogP contribution in [0.2, 0.25) is 0 Å². The van der Waals surface area contributed by atoms with Crippen molar-refractivity contribution in [2.75, 3.05) is 33.2 Å². The predicted octanol–water partition coefficient (Wildman–Crippen LogP) is 2.57. The van der Waals surface area contributed by atoms with Gasteiger partial charge in [0.15, 0.2) is 0 Å². The summed E-state index contributed by atoms with van der Waals surface area (Å²) in [4.78, 5) is 6.57. The molecular weight excluding hydrogens is 336 g/mol. The number of pyridine rings is 1. The Morgan fingerprint density at radius 1 is 1.04 bits per heavy atom. The highest BCUT2D eigenvalue weighted by atomic mass is 15.5. The van der Waals surface area contributed by atoms with Crippen LogP contribution in [-0.4, -0.2) is 64.1 Å². The minimum absolute atomic E-state index is 0.733. The van der Waals surface area contributed by atoms with Crippen LogP contribution in [0.25, 0.3) is 11.3 Å². The molecule has 0 spiro atoms. The van der Waals surface area contributed by atoms with Crippen molar-refractivity contribution >= 4 is 6.21 Å². The van der Waals surface area contributed by atoms with Gasteiger partial charge in [0.05, 0.1) is 12.8 Å². The maximum atomic E-state index is 4.81. The lowest BCUT2D eigenvalue weighted by atomic mass is 10.1. The fourth-order valence-corrected chi connectivity index (χ4v) is 3.17. The molecule has 138 valence electrons. The molecule has 2 aromatic heterocycles. The molecule has 0 radical (unpaired) electrons. The molecule has 1 aromatic carbocycles. The lowest BCUT2D eigenvalue weighted by Gasteiger charge is -2.30. The number of benzene rings is 1. The second kappa shape index (κ2) is 8.14. The molecule has 0 amide bonds. The smallest absolute Gasteiger partial charge is 0.103 e. The maximum absolute atomic E-state index is 4.81. The number of nitrogens with zero attached hydrogens (tertiary/aromatic N) is 6. The van der Waals surface area contributed by atoms with Gasteiger partial charge in [-0.3, -0.25) is 14.7 Å². The van der Waals surface area contributed by atoms with Crippen molar-refractivity contribution in [3.05, 3.63) is 72.2 Å². The fraction of sp³-hybridized carbons (Fsp3) is 0.286. The van der Waals surface area contributed by atoms with E-state index in [1.54, 1.807) is 6.20 Å². The second-order valence-electron chi connectivity index (χ2n) is 6.86. The lowest BCUT2D eigenvalue weighted by molar-refractivity contribution is 0.159. The highest BCUT2D eigenvalue weighted by Crippen LogP contribution is 2.20. The molecule has 0 N–H and O–H groups in total. The topological polar surface area (TPSA) is 49.5 Å². The molecule has 1 aliphatic rings. The minimum Gasteiger partial charge on any atom is -0.303 e. The number of aromatic nitrogens is 3. The first kappa shape index (κ1) is 17.4. The molecule has 3 aromatic rings. The van der Waals surface area contributed by atoms with Crippen LogP contribution in [0.5, 0.6) is 0 Å². The Bertz CT molecular complexity index is 880. The molecule has 0 unspecified atom stereocenters. The molecule has 4 rings (SSSR count). The van der Waals surface area contributed by atoms with Crippen LogP contribution < -0.4 is 0 Å². The normalized spacial score (nSPS) is 15.5. The van der Waals surface area contributed by atoms with Crippen LogP contribution in [-0.2, 0) is 6.54 Å². The van der Waals surface area contributed by atoms with Crippen LogP contribution in [0.4, 0.5) is 0 Å². The van der Waals surface area contributed by atoms with E-state index in [2.05, 4.69) is 52.4 Å². The van der Waals surface area contributed by atoms with Gasteiger partial charge in [-0.1, -0.05) is 30.3 Å². The van der Waals surface area contributed by atoms with Crippen LogP contribution in [0.3, 0.4) is 0 Å². The van der Waals surface area contributed by atoms with Gasteiger partial charge in [-0.25, -0.2) is 0 Å². The van der Waals surface area contributed by atoms with Crippen molar-refractivity contribution in [2.45, 2.75) is 6.54 Å². The van der Waals surface area contributed by atoms with Crippen LogP contribution in [0.1, 0.15) is 11.1 Å². The minimum atomic E-state index is 0.733. The van der Waals surface area contributed by atoms with Gasteiger partial charge in [-0.15, -0.1) is 0 Å². The van der Waals surface area contributed by atoms with E-state index in [1.165, 1.54) is 5.56 Å². The first-order chi connectivity index (χ1) is 13.3. The number of piperazine rings is 1. The first-order valence-corrected chi connectivity index (χ1v) is 9.27. The molecule has 27 heavy (non-hydrogen) atoms. The summed E-state index contributed by atoms with van der Waals surface area (Å²) >= 11 is 0. The van der Waals surface area contributed by atoms with Gasteiger partial charge >= 0.3 is 0 Å². The summed E-state index contributed by atoms with van der Waals surface area (Å²) in [6, 6.07) is 14.3. The zero-order valence-electron chi connectivity index (χ0n) is 15.6. The van der Waals surface area contributed by atoms with E-state index in [1.807, 2.05) is 35.3 Å². The summed E-state index contributed by atoms with van der Waals surface area (Å²) in [5.74, 6) is 0. The number of hydrazone groups is 1. The third kappa shape index (κ3) is 4.41. The average Bonchev–Trinajstić information content (AvgIpc) is 3.12. The molecule has 0 atom stereocenters. The van der Waals surface area contributed by atoms with Crippen molar-refractivity contribution in [1.82, 2.24) is 24.7 Å². The number of likely N-dealkylation sites (N-methyl/N-ethyl adjacent to an activating group) is 1. The van der Waals surface area contributed by atoms with Crippen LogP contribution in [0, 0.1) is 0 Å². The van der Waals surface area contributed by atoms with Gasteiger partial charge in [-0.2, -0.15) is 10.2 Å². The lowest BCUT2D eigenvalue weighted by Crippen LogP contribution is -2.41. The Morgan fingerprint density at radius 2 is 1.85 bits per heavy atom. The maximum Gasteiger partial charge on any atom is 0.103 e. The summed E-state index contributed by atoms with van der Waals surface area (Å²) in [5.41, 5.74) is 4.15. The monoisotopic (exact) mass is 360 g/mol. The van der Waals surface area contributed by atoms with E-state index >= 15 is 0 Å². The van der Waals surface area contributed by atoms with E-state index in [0.717, 1.165) is 49.5 Å². The van der Waals surface area contributed by atoms with Crippen molar-refractivity contribution < 1.29 is 0 Å². The second-order valence-corrected chi connectivity index (χ2v) is 6.86. The van der Waals surface area contributed by atoms with Gasteiger partial charge in [-0.05, 0) is 24.7 Å². The molecule has 6 heteroatoms. The predicted molar refractivity (Wildman–Crippen MR) is 108 cm³/mol. The zero-order valence-corrected chi connectivity index (χ0v) is 15.6.